The van der Waals surface area contributed by atoms with Gasteiger partial charge >= 0.3 is 0 Å². The van der Waals surface area contributed by atoms with Crippen molar-refractivity contribution in [3.05, 3.63) is 28.8 Å². The zero-order chi connectivity index (χ0) is 13.0. The van der Waals surface area contributed by atoms with Crippen LogP contribution in [-0.4, -0.2) is 11.2 Å². The standard InChI is InChI=1S/C15H21ClO2/c1-11(17)14-10-12(16)8-9-15(14)18-13-6-4-2-3-5-7-13/h8-11,13,17H,2-7H2,1H3/t11-/m0/s1. The van der Waals surface area contributed by atoms with E-state index in [1.165, 1.54) is 25.7 Å². The van der Waals surface area contributed by atoms with Crippen molar-refractivity contribution in [1.29, 1.82) is 0 Å². The highest BCUT2D eigenvalue weighted by molar-refractivity contribution is 6.30. The molecule has 0 radical (unpaired) electrons. The highest BCUT2D eigenvalue weighted by atomic mass is 35.5. The summed E-state index contributed by atoms with van der Waals surface area (Å²) in [6.45, 7) is 1.74. The summed E-state index contributed by atoms with van der Waals surface area (Å²) in [6.07, 6.45) is 7.05. The molecule has 100 valence electrons. The molecule has 1 aliphatic rings. The summed E-state index contributed by atoms with van der Waals surface area (Å²) in [5.74, 6) is 0.779. The molecule has 0 heterocycles. The number of hydrogen-bond acceptors (Lipinski definition) is 2. The van der Waals surface area contributed by atoms with Crippen molar-refractivity contribution in [3.63, 3.8) is 0 Å². The van der Waals surface area contributed by atoms with E-state index in [1.54, 1.807) is 13.0 Å². The van der Waals surface area contributed by atoms with E-state index in [0.29, 0.717) is 5.02 Å². The molecule has 18 heavy (non-hydrogen) atoms. The molecule has 0 unspecified atom stereocenters. The number of benzene rings is 1. The SMILES string of the molecule is C[C@H](O)c1cc(Cl)ccc1OC1CCCCCC1. The van der Waals surface area contributed by atoms with Gasteiger partial charge in [-0.2, -0.15) is 0 Å². The third kappa shape index (κ3) is 3.63. The molecule has 2 rings (SSSR count). The van der Waals surface area contributed by atoms with Crippen molar-refractivity contribution in [2.24, 2.45) is 0 Å². The third-order valence-corrected chi connectivity index (χ3v) is 3.75. The lowest BCUT2D eigenvalue weighted by molar-refractivity contribution is 0.161. The quantitative estimate of drug-likeness (QED) is 0.818. The Morgan fingerprint density at radius 1 is 1.22 bits per heavy atom. The van der Waals surface area contributed by atoms with Gasteiger partial charge < -0.3 is 9.84 Å². The zero-order valence-electron chi connectivity index (χ0n) is 10.9. The second-order valence-corrected chi connectivity index (χ2v) is 5.53. The van der Waals surface area contributed by atoms with Gasteiger partial charge in [-0.1, -0.05) is 24.4 Å². The number of aliphatic hydroxyl groups is 1. The Balaban J connectivity index is 2.12. The molecule has 1 atom stereocenters. The van der Waals surface area contributed by atoms with Gasteiger partial charge in [0.15, 0.2) is 0 Å². The summed E-state index contributed by atoms with van der Waals surface area (Å²) >= 11 is 5.96. The normalized spacial score (nSPS) is 19.3. The lowest BCUT2D eigenvalue weighted by Crippen LogP contribution is -2.16. The molecule has 1 fully saturated rings. The van der Waals surface area contributed by atoms with Gasteiger partial charge in [0.2, 0.25) is 0 Å². The van der Waals surface area contributed by atoms with E-state index >= 15 is 0 Å². The van der Waals surface area contributed by atoms with Gasteiger partial charge in [-0.05, 0) is 50.8 Å². The van der Waals surface area contributed by atoms with Crippen LogP contribution in [0.5, 0.6) is 5.75 Å². The number of aliphatic hydroxyl groups excluding tert-OH is 1. The molecule has 0 aromatic heterocycles. The largest absolute Gasteiger partial charge is 0.490 e. The molecule has 1 aliphatic carbocycles. The van der Waals surface area contributed by atoms with E-state index in [0.717, 1.165) is 24.2 Å². The Morgan fingerprint density at radius 3 is 2.50 bits per heavy atom. The molecule has 1 aromatic carbocycles. The van der Waals surface area contributed by atoms with Crippen LogP contribution in [0.25, 0.3) is 0 Å². The molecule has 1 aromatic rings. The molecule has 0 bridgehead atoms. The smallest absolute Gasteiger partial charge is 0.125 e. The van der Waals surface area contributed by atoms with Gasteiger partial charge in [-0.3, -0.25) is 0 Å². The van der Waals surface area contributed by atoms with Crippen molar-refractivity contribution in [1.82, 2.24) is 0 Å². The maximum Gasteiger partial charge on any atom is 0.125 e. The topological polar surface area (TPSA) is 29.5 Å². The molecule has 3 heteroatoms. The molecule has 0 aliphatic heterocycles. The summed E-state index contributed by atoms with van der Waals surface area (Å²) in [7, 11) is 0. The fourth-order valence-electron chi connectivity index (χ4n) is 2.49. The van der Waals surface area contributed by atoms with Crippen molar-refractivity contribution in [2.75, 3.05) is 0 Å². The Labute approximate surface area is 114 Å². The van der Waals surface area contributed by atoms with Crippen LogP contribution < -0.4 is 4.74 Å². The van der Waals surface area contributed by atoms with Crippen molar-refractivity contribution >= 4 is 11.6 Å². The predicted molar refractivity (Wildman–Crippen MR) is 74.2 cm³/mol. The fourth-order valence-corrected chi connectivity index (χ4v) is 2.67. The van der Waals surface area contributed by atoms with E-state index in [1.807, 2.05) is 12.1 Å². The Kier molecular flexibility index (Phi) is 4.90. The van der Waals surface area contributed by atoms with E-state index < -0.39 is 6.10 Å². The summed E-state index contributed by atoms with van der Waals surface area (Å²) in [5, 5.41) is 10.4. The van der Waals surface area contributed by atoms with E-state index in [9.17, 15) is 5.11 Å². The first-order valence-corrected chi connectivity index (χ1v) is 7.19. The maximum absolute atomic E-state index is 9.78. The molecule has 0 saturated heterocycles. The van der Waals surface area contributed by atoms with E-state index in [-0.39, 0.29) is 6.10 Å². The highest BCUT2D eigenvalue weighted by Crippen LogP contribution is 2.31. The van der Waals surface area contributed by atoms with Crippen LogP contribution >= 0.6 is 11.6 Å². The second-order valence-electron chi connectivity index (χ2n) is 5.09. The van der Waals surface area contributed by atoms with Crippen molar-refractivity contribution in [2.45, 2.75) is 57.7 Å². The van der Waals surface area contributed by atoms with Crippen LogP contribution in [0.3, 0.4) is 0 Å². The average Bonchev–Trinajstić information content (AvgIpc) is 2.60. The average molecular weight is 269 g/mol. The van der Waals surface area contributed by atoms with Crippen LogP contribution in [0.1, 0.15) is 57.1 Å². The van der Waals surface area contributed by atoms with Crippen molar-refractivity contribution < 1.29 is 9.84 Å². The zero-order valence-corrected chi connectivity index (χ0v) is 11.6. The number of halogens is 1. The van der Waals surface area contributed by atoms with Crippen LogP contribution in [0.15, 0.2) is 18.2 Å². The molecule has 1 N–H and O–H groups in total. The van der Waals surface area contributed by atoms with Crippen molar-refractivity contribution in [3.8, 4) is 5.75 Å². The van der Waals surface area contributed by atoms with Gasteiger partial charge in [0.1, 0.15) is 5.75 Å². The number of hydrogen-bond donors (Lipinski definition) is 1. The number of rotatable bonds is 3. The summed E-state index contributed by atoms with van der Waals surface area (Å²) < 4.78 is 6.06. The van der Waals surface area contributed by atoms with Gasteiger partial charge in [0.05, 0.1) is 12.2 Å². The number of ether oxygens (including phenoxy) is 1. The van der Waals surface area contributed by atoms with Gasteiger partial charge in [-0.25, -0.2) is 0 Å². The summed E-state index contributed by atoms with van der Waals surface area (Å²) in [4.78, 5) is 0. The first-order chi connectivity index (χ1) is 8.66. The minimum atomic E-state index is -0.551. The van der Waals surface area contributed by atoms with Crippen LogP contribution in [-0.2, 0) is 0 Å². The molecule has 2 nitrogen and oxygen atoms in total. The molecule has 0 amide bonds. The minimum absolute atomic E-state index is 0.283. The summed E-state index contributed by atoms with van der Waals surface area (Å²) in [6, 6.07) is 5.48. The maximum atomic E-state index is 9.78. The van der Waals surface area contributed by atoms with Crippen LogP contribution in [0.2, 0.25) is 5.02 Å². The first-order valence-electron chi connectivity index (χ1n) is 6.81. The molecule has 1 saturated carbocycles. The van der Waals surface area contributed by atoms with E-state index in [4.69, 9.17) is 16.3 Å². The van der Waals surface area contributed by atoms with Gasteiger partial charge in [0.25, 0.3) is 0 Å². The minimum Gasteiger partial charge on any atom is -0.490 e. The van der Waals surface area contributed by atoms with E-state index in [2.05, 4.69) is 0 Å². The highest BCUT2D eigenvalue weighted by Gasteiger charge is 2.17. The first kappa shape index (κ1) is 13.7. The Bertz CT molecular complexity index is 382. The predicted octanol–water partition coefficient (Wildman–Crippen LogP) is 4.49. The van der Waals surface area contributed by atoms with Gasteiger partial charge in [-0.15, -0.1) is 0 Å². The molecular formula is C15H21ClO2. The fraction of sp³-hybridized carbons (Fsp3) is 0.600. The van der Waals surface area contributed by atoms with Gasteiger partial charge in [0, 0.05) is 10.6 Å². The Hall–Kier alpha value is -0.730. The summed E-state index contributed by atoms with van der Waals surface area (Å²) in [5.41, 5.74) is 0.784. The third-order valence-electron chi connectivity index (χ3n) is 3.52. The lowest BCUT2D eigenvalue weighted by atomic mass is 10.1. The lowest BCUT2D eigenvalue weighted by Gasteiger charge is -2.20. The Morgan fingerprint density at radius 2 is 1.89 bits per heavy atom. The molecular weight excluding hydrogens is 248 g/mol. The van der Waals surface area contributed by atoms with Crippen LogP contribution in [0.4, 0.5) is 0 Å². The second kappa shape index (κ2) is 6.44. The molecule has 0 spiro atoms. The monoisotopic (exact) mass is 268 g/mol. The van der Waals surface area contributed by atoms with Crippen LogP contribution in [0, 0.1) is 0 Å².